The third-order valence-corrected chi connectivity index (χ3v) is 3.89. The summed E-state index contributed by atoms with van der Waals surface area (Å²) in [5.74, 6) is -0.169. The lowest BCUT2D eigenvalue weighted by atomic mass is 10.1. The van der Waals surface area contributed by atoms with Gasteiger partial charge in [-0.25, -0.2) is 14.8 Å². The number of aliphatic hydroxyl groups is 1. The molecule has 0 spiro atoms. The van der Waals surface area contributed by atoms with Gasteiger partial charge in [-0.2, -0.15) is 0 Å². The Morgan fingerprint density at radius 2 is 2.25 bits per heavy atom. The number of aliphatic hydroxyl groups excluding tert-OH is 1. The first-order valence-corrected chi connectivity index (χ1v) is 7.85. The number of β-amino-alcohol motifs (C(OH)–C–C–N with tert-alkyl or cyclic N) is 1. The van der Waals surface area contributed by atoms with Crippen LogP contribution in [0.3, 0.4) is 0 Å². The molecule has 1 aliphatic rings. The quantitative estimate of drug-likeness (QED) is 0.863. The van der Waals surface area contributed by atoms with Crippen molar-refractivity contribution in [1.82, 2.24) is 9.97 Å². The second-order valence-corrected chi connectivity index (χ2v) is 5.58. The van der Waals surface area contributed by atoms with Crippen LogP contribution in [0.5, 0.6) is 5.75 Å². The number of carboxylic acid groups (broad SMARTS) is 1. The molecule has 1 saturated heterocycles. The fourth-order valence-electron chi connectivity index (χ4n) is 2.72. The minimum atomic E-state index is -1.04. The van der Waals surface area contributed by atoms with Gasteiger partial charge in [0.2, 0.25) is 5.95 Å². The van der Waals surface area contributed by atoms with Gasteiger partial charge in [-0.15, -0.1) is 0 Å². The predicted molar refractivity (Wildman–Crippen MR) is 88.4 cm³/mol. The Morgan fingerprint density at radius 3 is 2.92 bits per heavy atom. The normalized spacial score (nSPS) is 17.1. The molecule has 7 heteroatoms. The lowest BCUT2D eigenvalue weighted by molar-refractivity contribution is 0.0692. The molecule has 1 aromatic heterocycles. The molecular formula is C17H19N3O4. The highest BCUT2D eigenvalue weighted by Gasteiger charge is 2.22. The fourth-order valence-corrected chi connectivity index (χ4v) is 2.72. The van der Waals surface area contributed by atoms with Gasteiger partial charge in [0.1, 0.15) is 11.3 Å². The molecule has 1 atom stereocenters. The number of aromatic carboxylic acids is 1. The van der Waals surface area contributed by atoms with Crippen molar-refractivity contribution in [2.75, 3.05) is 24.6 Å². The number of aromatic nitrogens is 2. The van der Waals surface area contributed by atoms with Crippen molar-refractivity contribution < 1.29 is 19.7 Å². The van der Waals surface area contributed by atoms with Gasteiger partial charge < -0.3 is 19.8 Å². The molecule has 24 heavy (non-hydrogen) atoms. The van der Waals surface area contributed by atoms with Crippen molar-refractivity contribution in [2.45, 2.75) is 19.4 Å². The van der Waals surface area contributed by atoms with Crippen LogP contribution in [0.2, 0.25) is 0 Å². The van der Waals surface area contributed by atoms with Crippen molar-refractivity contribution in [3.63, 3.8) is 0 Å². The van der Waals surface area contributed by atoms with Gasteiger partial charge in [-0.1, -0.05) is 0 Å². The van der Waals surface area contributed by atoms with Gasteiger partial charge >= 0.3 is 5.97 Å². The second kappa shape index (κ2) is 6.84. The molecule has 1 fully saturated rings. The maximum atomic E-state index is 11.4. The van der Waals surface area contributed by atoms with Crippen molar-refractivity contribution in [2.24, 2.45) is 0 Å². The minimum absolute atomic E-state index is 0.103. The molecule has 126 valence electrons. The summed E-state index contributed by atoms with van der Waals surface area (Å²) in [5, 5.41) is 19.0. The number of hydrogen-bond donors (Lipinski definition) is 2. The summed E-state index contributed by atoms with van der Waals surface area (Å²) in [5.41, 5.74) is 1.41. The maximum absolute atomic E-state index is 11.4. The van der Waals surface area contributed by atoms with Crippen LogP contribution in [0.25, 0.3) is 11.3 Å². The maximum Gasteiger partial charge on any atom is 0.339 e. The number of carboxylic acids is 1. The van der Waals surface area contributed by atoms with E-state index in [1.54, 1.807) is 37.4 Å². The molecule has 0 amide bonds. The van der Waals surface area contributed by atoms with Gasteiger partial charge in [0.05, 0.1) is 18.4 Å². The summed E-state index contributed by atoms with van der Waals surface area (Å²) >= 11 is 0. The van der Waals surface area contributed by atoms with Gasteiger partial charge in [-0.05, 0) is 37.6 Å². The van der Waals surface area contributed by atoms with Crippen LogP contribution in [-0.2, 0) is 0 Å². The van der Waals surface area contributed by atoms with E-state index in [2.05, 4.69) is 9.97 Å². The number of benzene rings is 1. The fraction of sp³-hybridized carbons (Fsp3) is 0.353. The lowest BCUT2D eigenvalue weighted by Crippen LogP contribution is -2.23. The number of hydrogen-bond acceptors (Lipinski definition) is 6. The first-order valence-electron chi connectivity index (χ1n) is 7.85. The Labute approximate surface area is 139 Å². The Balaban J connectivity index is 1.94. The average Bonchev–Trinajstić information content (AvgIpc) is 3.02. The highest BCUT2D eigenvalue weighted by molar-refractivity contribution is 5.92. The molecule has 3 rings (SSSR count). The molecule has 1 aromatic carbocycles. The van der Waals surface area contributed by atoms with Crippen molar-refractivity contribution >= 4 is 11.9 Å². The monoisotopic (exact) mass is 329 g/mol. The first kappa shape index (κ1) is 16.2. The minimum Gasteiger partial charge on any atom is -0.493 e. The number of ether oxygens (including phenoxy) is 1. The van der Waals surface area contributed by atoms with Gasteiger partial charge in [0.25, 0.3) is 0 Å². The van der Waals surface area contributed by atoms with Crippen LogP contribution in [-0.4, -0.2) is 52.0 Å². The Morgan fingerprint density at radius 1 is 1.42 bits per heavy atom. The largest absolute Gasteiger partial charge is 0.493 e. The number of nitrogens with zero attached hydrogens (tertiary/aromatic N) is 3. The van der Waals surface area contributed by atoms with E-state index in [0.717, 1.165) is 0 Å². The molecule has 2 heterocycles. The Kier molecular flexibility index (Phi) is 4.61. The van der Waals surface area contributed by atoms with E-state index in [0.29, 0.717) is 49.1 Å². The molecule has 7 nitrogen and oxygen atoms in total. The van der Waals surface area contributed by atoms with Crippen LogP contribution in [0, 0.1) is 0 Å². The molecule has 0 saturated carbocycles. The summed E-state index contributed by atoms with van der Waals surface area (Å²) in [6.07, 6.45) is 1.97. The van der Waals surface area contributed by atoms with E-state index in [9.17, 15) is 15.0 Å². The Bertz CT molecular complexity index is 750. The average molecular weight is 329 g/mol. The molecule has 0 unspecified atom stereocenters. The van der Waals surface area contributed by atoms with Crippen molar-refractivity contribution in [3.8, 4) is 17.0 Å². The summed E-state index contributed by atoms with van der Waals surface area (Å²) in [4.78, 5) is 22.1. The lowest BCUT2D eigenvalue weighted by Gasteiger charge is -2.16. The Hall–Kier alpha value is -2.67. The van der Waals surface area contributed by atoms with Crippen LogP contribution < -0.4 is 9.64 Å². The van der Waals surface area contributed by atoms with Gasteiger partial charge in [0.15, 0.2) is 0 Å². The third-order valence-electron chi connectivity index (χ3n) is 3.89. The molecule has 0 radical (unpaired) electrons. The van der Waals surface area contributed by atoms with E-state index in [1.807, 2.05) is 4.90 Å². The van der Waals surface area contributed by atoms with Crippen LogP contribution in [0.1, 0.15) is 23.7 Å². The zero-order valence-electron chi connectivity index (χ0n) is 13.3. The zero-order chi connectivity index (χ0) is 17.1. The molecule has 0 aliphatic carbocycles. The number of rotatable bonds is 5. The molecular weight excluding hydrogens is 310 g/mol. The third kappa shape index (κ3) is 3.30. The van der Waals surface area contributed by atoms with Crippen LogP contribution in [0.15, 0.2) is 30.5 Å². The second-order valence-electron chi connectivity index (χ2n) is 5.58. The summed E-state index contributed by atoms with van der Waals surface area (Å²) < 4.78 is 5.36. The van der Waals surface area contributed by atoms with E-state index in [4.69, 9.17) is 4.74 Å². The van der Waals surface area contributed by atoms with Gasteiger partial charge in [-0.3, -0.25) is 0 Å². The standard InChI is InChI=1S/C17H19N3O4/c1-2-24-15-4-3-11(9-13(15)16(22)23)14-5-7-18-17(19-14)20-8-6-12(21)10-20/h3-5,7,9,12,21H,2,6,8,10H2,1H3,(H,22,23)/t12-/m1/s1. The van der Waals surface area contributed by atoms with Crippen molar-refractivity contribution in [3.05, 3.63) is 36.0 Å². The smallest absolute Gasteiger partial charge is 0.339 e. The van der Waals surface area contributed by atoms with E-state index in [1.165, 1.54) is 0 Å². The predicted octanol–water partition coefficient (Wildman–Crippen LogP) is 1.81. The highest BCUT2D eigenvalue weighted by Crippen LogP contribution is 2.27. The van der Waals surface area contributed by atoms with Crippen LogP contribution in [0.4, 0.5) is 5.95 Å². The SMILES string of the molecule is CCOc1ccc(-c2ccnc(N3CC[C@@H](O)C3)n2)cc1C(=O)O. The van der Waals surface area contributed by atoms with Crippen LogP contribution >= 0.6 is 0 Å². The summed E-state index contributed by atoms with van der Waals surface area (Å²) in [6, 6.07) is 6.71. The number of anilines is 1. The summed E-state index contributed by atoms with van der Waals surface area (Å²) in [6.45, 7) is 3.41. The van der Waals surface area contributed by atoms with E-state index in [-0.39, 0.29) is 11.7 Å². The first-order chi connectivity index (χ1) is 11.6. The molecule has 2 aromatic rings. The molecule has 2 N–H and O–H groups in total. The molecule has 1 aliphatic heterocycles. The molecule has 0 bridgehead atoms. The zero-order valence-corrected chi connectivity index (χ0v) is 13.3. The summed E-state index contributed by atoms with van der Waals surface area (Å²) in [7, 11) is 0. The van der Waals surface area contributed by atoms with Gasteiger partial charge in [0, 0.05) is 24.8 Å². The van der Waals surface area contributed by atoms with Crippen molar-refractivity contribution in [1.29, 1.82) is 0 Å². The van der Waals surface area contributed by atoms with E-state index >= 15 is 0 Å². The number of carbonyl (C=O) groups is 1. The van der Waals surface area contributed by atoms with E-state index < -0.39 is 5.97 Å². The topological polar surface area (TPSA) is 95.8 Å². The highest BCUT2D eigenvalue weighted by atomic mass is 16.5.